The Labute approximate surface area is 149 Å². The molecule has 2 aromatic heterocycles. The van der Waals surface area contributed by atoms with Gasteiger partial charge in [-0.25, -0.2) is 9.48 Å². The molecular weight excluding hydrogens is 336 g/mol. The predicted octanol–water partition coefficient (Wildman–Crippen LogP) is 1.69. The second kappa shape index (κ2) is 7.94. The highest BCUT2D eigenvalue weighted by molar-refractivity contribution is 7.07. The van der Waals surface area contributed by atoms with Crippen LogP contribution in [-0.2, 0) is 30.7 Å². The molecule has 7 heteroatoms. The normalized spacial score (nSPS) is 10.8. The Morgan fingerprint density at radius 1 is 1.20 bits per heavy atom. The van der Waals surface area contributed by atoms with E-state index in [4.69, 9.17) is 0 Å². The molecule has 1 aromatic carbocycles. The van der Waals surface area contributed by atoms with Crippen LogP contribution in [0.15, 0.2) is 52.0 Å². The maximum Gasteiger partial charge on any atom is 0.346 e. The number of likely N-dealkylation sites (N-methyl/N-ethyl adjacent to an activating group) is 1. The zero-order valence-electron chi connectivity index (χ0n) is 14.0. The van der Waals surface area contributed by atoms with Crippen LogP contribution >= 0.6 is 11.3 Å². The maximum atomic E-state index is 12.7. The molecule has 6 nitrogen and oxygen atoms in total. The smallest absolute Gasteiger partial charge is 0.346 e. The third-order valence-electron chi connectivity index (χ3n) is 3.98. The van der Waals surface area contributed by atoms with Gasteiger partial charge in [0.15, 0.2) is 0 Å². The third kappa shape index (κ3) is 4.24. The van der Waals surface area contributed by atoms with Crippen LogP contribution in [0.4, 0.5) is 0 Å². The number of rotatable bonds is 7. The number of amides is 1. The molecule has 130 valence electrons. The fourth-order valence-electron chi connectivity index (χ4n) is 2.62. The first-order chi connectivity index (χ1) is 12.2. The number of nitrogens with zero attached hydrogens (tertiary/aromatic N) is 3. The van der Waals surface area contributed by atoms with E-state index >= 15 is 0 Å². The van der Waals surface area contributed by atoms with Crippen LogP contribution < -0.4 is 11.0 Å². The lowest BCUT2D eigenvalue weighted by atomic mass is 10.1. The number of benzene rings is 1. The SMILES string of the molecule is CNC(=O)Cn1nc(Cc2ccsc2)n(CCc2ccccc2)c1=O. The molecular formula is C18H20N4O2S. The van der Waals surface area contributed by atoms with E-state index in [0.29, 0.717) is 18.8 Å². The highest BCUT2D eigenvalue weighted by atomic mass is 32.1. The highest BCUT2D eigenvalue weighted by Gasteiger charge is 2.15. The summed E-state index contributed by atoms with van der Waals surface area (Å²) in [5.74, 6) is 0.445. The van der Waals surface area contributed by atoms with E-state index in [2.05, 4.69) is 10.4 Å². The van der Waals surface area contributed by atoms with E-state index in [0.717, 1.165) is 17.5 Å². The number of aromatic nitrogens is 3. The Bertz CT molecular complexity index is 882. The molecule has 0 aliphatic heterocycles. The van der Waals surface area contributed by atoms with Crippen LogP contribution in [0.3, 0.4) is 0 Å². The van der Waals surface area contributed by atoms with Crippen molar-refractivity contribution >= 4 is 17.2 Å². The molecule has 0 radical (unpaired) electrons. The van der Waals surface area contributed by atoms with Gasteiger partial charge in [0.1, 0.15) is 12.4 Å². The summed E-state index contributed by atoms with van der Waals surface area (Å²) in [7, 11) is 1.55. The van der Waals surface area contributed by atoms with Gasteiger partial charge in [0.05, 0.1) is 0 Å². The number of nitrogens with one attached hydrogen (secondary N) is 1. The molecule has 0 aliphatic carbocycles. The van der Waals surface area contributed by atoms with E-state index in [1.165, 1.54) is 4.68 Å². The number of aryl methyl sites for hydroxylation is 1. The van der Waals surface area contributed by atoms with Crippen molar-refractivity contribution in [1.82, 2.24) is 19.7 Å². The van der Waals surface area contributed by atoms with Crippen molar-refractivity contribution in [3.8, 4) is 0 Å². The predicted molar refractivity (Wildman–Crippen MR) is 97.8 cm³/mol. The maximum absolute atomic E-state index is 12.7. The second-order valence-electron chi connectivity index (χ2n) is 5.73. The van der Waals surface area contributed by atoms with Crippen LogP contribution in [0.25, 0.3) is 0 Å². The van der Waals surface area contributed by atoms with Gasteiger partial charge in [-0.1, -0.05) is 30.3 Å². The Morgan fingerprint density at radius 2 is 2.00 bits per heavy atom. The Kier molecular flexibility index (Phi) is 5.45. The van der Waals surface area contributed by atoms with Crippen molar-refractivity contribution in [3.05, 3.63) is 74.6 Å². The highest BCUT2D eigenvalue weighted by Crippen LogP contribution is 2.11. The number of thiophene rings is 1. The number of carbonyl (C=O) groups is 1. The molecule has 2 heterocycles. The van der Waals surface area contributed by atoms with Crippen molar-refractivity contribution in [2.24, 2.45) is 0 Å². The molecule has 0 saturated heterocycles. The molecule has 3 aromatic rings. The minimum Gasteiger partial charge on any atom is -0.358 e. The van der Waals surface area contributed by atoms with Crippen LogP contribution in [0.1, 0.15) is 17.0 Å². The zero-order chi connectivity index (χ0) is 17.6. The van der Waals surface area contributed by atoms with Crippen molar-refractivity contribution in [1.29, 1.82) is 0 Å². The monoisotopic (exact) mass is 356 g/mol. The Balaban J connectivity index is 1.87. The van der Waals surface area contributed by atoms with Gasteiger partial charge >= 0.3 is 5.69 Å². The van der Waals surface area contributed by atoms with Crippen molar-refractivity contribution < 1.29 is 4.79 Å². The fraction of sp³-hybridized carbons (Fsp3) is 0.278. The summed E-state index contributed by atoms with van der Waals surface area (Å²) < 4.78 is 2.92. The quantitative estimate of drug-likeness (QED) is 0.700. The van der Waals surface area contributed by atoms with Gasteiger partial charge in [-0.15, -0.1) is 0 Å². The van der Waals surface area contributed by atoms with Crippen LogP contribution in [0, 0.1) is 0 Å². The molecule has 0 atom stereocenters. The third-order valence-corrected chi connectivity index (χ3v) is 4.71. The van der Waals surface area contributed by atoms with Gasteiger partial charge < -0.3 is 5.32 Å². The summed E-state index contributed by atoms with van der Waals surface area (Å²) >= 11 is 1.61. The van der Waals surface area contributed by atoms with Gasteiger partial charge in [0, 0.05) is 20.0 Å². The lowest BCUT2D eigenvalue weighted by Crippen LogP contribution is -2.32. The second-order valence-corrected chi connectivity index (χ2v) is 6.51. The van der Waals surface area contributed by atoms with Crippen molar-refractivity contribution in [2.75, 3.05) is 7.05 Å². The van der Waals surface area contributed by atoms with Gasteiger partial charge in [-0.2, -0.15) is 16.4 Å². The summed E-state index contributed by atoms with van der Waals surface area (Å²) in [6.45, 7) is 0.473. The molecule has 25 heavy (non-hydrogen) atoms. The topological polar surface area (TPSA) is 68.9 Å². The standard InChI is InChI=1S/C18H20N4O2S/c1-19-17(23)12-22-18(24)21(9-7-14-5-3-2-4-6-14)16(20-22)11-15-8-10-25-13-15/h2-6,8,10,13H,7,9,11-12H2,1H3,(H,19,23). The van der Waals surface area contributed by atoms with Gasteiger partial charge in [0.2, 0.25) is 5.91 Å². The molecule has 0 bridgehead atoms. The summed E-state index contributed by atoms with van der Waals surface area (Å²) in [6.07, 6.45) is 1.32. The Morgan fingerprint density at radius 3 is 2.68 bits per heavy atom. The lowest BCUT2D eigenvalue weighted by molar-refractivity contribution is -0.121. The average molecular weight is 356 g/mol. The molecule has 0 fully saturated rings. The fourth-order valence-corrected chi connectivity index (χ4v) is 3.29. The zero-order valence-corrected chi connectivity index (χ0v) is 14.8. The minimum atomic E-state index is -0.246. The largest absolute Gasteiger partial charge is 0.358 e. The number of carbonyl (C=O) groups excluding carboxylic acids is 1. The average Bonchev–Trinajstić information content (AvgIpc) is 3.23. The van der Waals surface area contributed by atoms with Crippen LogP contribution in [0.2, 0.25) is 0 Å². The van der Waals surface area contributed by atoms with Gasteiger partial charge in [-0.3, -0.25) is 9.36 Å². The van der Waals surface area contributed by atoms with Crippen LogP contribution in [0.5, 0.6) is 0 Å². The molecule has 0 spiro atoms. The van der Waals surface area contributed by atoms with E-state index in [1.54, 1.807) is 23.0 Å². The van der Waals surface area contributed by atoms with Crippen molar-refractivity contribution in [2.45, 2.75) is 25.9 Å². The number of hydrogen-bond acceptors (Lipinski definition) is 4. The summed E-state index contributed by atoms with van der Waals surface area (Å²) in [5, 5.41) is 11.0. The van der Waals surface area contributed by atoms with E-state index in [1.807, 2.05) is 47.2 Å². The van der Waals surface area contributed by atoms with E-state index in [9.17, 15) is 9.59 Å². The van der Waals surface area contributed by atoms with Gasteiger partial charge in [0.25, 0.3) is 0 Å². The molecule has 3 rings (SSSR count). The first kappa shape index (κ1) is 17.2. The van der Waals surface area contributed by atoms with E-state index in [-0.39, 0.29) is 18.1 Å². The lowest BCUT2D eigenvalue weighted by Gasteiger charge is -2.05. The number of hydrogen-bond donors (Lipinski definition) is 1. The molecule has 1 amide bonds. The Hall–Kier alpha value is -2.67. The molecule has 0 aliphatic rings. The summed E-state index contributed by atoms with van der Waals surface area (Å²) in [5.41, 5.74) is 2.03. The molecule has 0 saturated carbocycles. The van der Waals surface area contributed by atoms with Crippen molar-refractivity contribution in [3.63, 3.8) is 0 Å². The first-order valence-electron chi connectivity index (χ1n) is 8.09. The minimum absolute atomic E-state index is 0.0652. The first-order valence-corrected chi connectivity index (χ1v) is 9.03. The van der Waals surface area contributed by atoms with Gasteiger partial charge in [-0.05, 0) is 34.4 Å². The summed E-state index contributed by atoms with van der Waals surface area (Å²) in [4.78, 5) is 24.3. The van der Waals surface area contributed by atoms with Crippen LogP contribution in [-0.4, -0.2) is 27.3 Å². The molecule has 0 unspecified atom stereocenters. The van der Waals surface area contributed by atoms with E-state index < -0.39 is 0 Å². The molecule has 1 N–H and O–H groups in total. The summed E-state index contributed by atoms with van der Waals surface area (Å²) in [6, 6.07) is 12.0.